The largest absolute Gasteiger partial charge is 0.365 e. The summed E-state index contributed by atoms with van der Waals surface area (Å²) in [5.74, 6) is -1.01. The highest BCUT2D eigenvalue weighted by atomic mass is 79.9. The third-order valence-corrected chi connectivity index (χ3v) is 5.90. The van der Waals surface area contributed by atoms with Gasteiger partial charge < -0.3 is 5.73 Å². The number of nitriles is 1. The van der Waals surface area contributed by atoms with Crippen LogP contribution in [0, 0.1) is 18.3 Å². The van der Waals surface area contributed by atoms with Crippen molar-refractivity contribution >= 4 is 45.2 Å². The molecule has 1 saturated heterocycles. The van der Waals surface area contributed by atoms with Gasteiger partial charge in [-0.3, -0.25) is 14.5 Å². The summed E-state index contributed by atoms with van der Waals surface area (Å²) >= 11 is 4.57. The molecule has 0 aliphatic carbocycles. The van der Waals surface area contributed by atoms with E-state index in [2.05, 4.69) is 15.9 Å². The van der Waals surface area contributed by atoms with Crippen molar-refractivity contribution in [2.75, 3.05) is 4.90 Å². The Morgan fingerprint density at radius 1 is 1.30 bits per heavy atom. The van der Waals surface area contributed by atoms with E-state index in [-0.39, 0.29) is 16.5 Å². The van der Waals surface area contributed by atoms with Crippen LogP contribution in [0.25, 0.3) is 0 Å². The number of aryl methyl sites for hydroxylation is 1. The van der Waals surface area contributed by atoms with Gasteiger partial charge in [0.25, 0.3) is 5.91 Å². The van der Waals surface area contributed by atoms with E-state index in [4.69, 9.17) is 5.73 Å². The molecule has 2 aromatic rings. The van der Waals surface area contributed by atoms with Gasteiger partial charge in [0.15, 0.2) is 0 Å². The number of carbonyl (C=O) groups is 2. The van der Waals surface area contributed by atoms with Crippen LogP contribution in [0.5, 0.6) is 0 Å². The molecule has 0 aromatic heterocycles. The van der Waals surface area contributed by atoms with Gasteiger partial charge in [0.1, 0.15) is 16.7 Å². The molecule has 1 fully saturated rings. The minimum Gasteiger partial charge on any atom is -0.365 e. The van der Waals surface area contributed by atoms with Crippen molar-refractivity contribution < 1.29 is 9.59 Å². The van der Waals surface area contributed by atoms with Gasteiger partial charge in [-0.1, -0.05) is 57.5 Å². The molecule has 2 amide bonds. The Morgan fingerprint density at radius 3 is 2.59 bits per heavy atom. The molecule has 1 aliphatic rings. The van der Waals surface area contributed by atoms with Crippen molar-refractivity contribution in [2.45, 2.75) is 18.6 Å². The molecule has 5 nitrogen and oxygen atoms in total. The summed E-state index contributed by atoms with van der Waals surface area (Å²) in [7, 11) is 0. The smallest absolute Gasteiger partial charge is 0.262 e. The molecule has 1 heterocycles. The van der Waals surface area contributed by atoms with Gasteiger partial charge in [0.2, 0.25) is 5.91 Å². The number of anilines is 1. The molecule has 2 aromatic carbocycles. The third kappa shape index (κ3) is 4.07. The summed E-state index contributed by atoms with van der Waals surface area (Å²) in [4.78, 5) is 26.3. The zero-order valence-electron chi connectivity index (χ0n) is 14.5. The van der Waals surface area contributed by atoms with Crippen molar-refractivity contribution in [1.29, 1.82) is 5.26 Å². The van der Waals surface area contributed by atoms with Gasteiger partial charge in [0, 0.05) is 10.2 Å². The number of primary amides is 1. The lowest BCUT2D eigenvalue weighted by Crippen LogP contribution is -2.31. The van der Waals surface area contributed by atoms with Crippen LogP contribution in [0.1, 0.15) is 11.1 Å². The second-order valence-corrected chi connectivity index (χ2v) is 8.21. The standard InChI is InChI=1S/C20H16BrN3O2S/c1-12-3-2-4-13(9-12)10-17-19(26)24(15-7-5-14(21)6-8-15)20(27-17)16(11-22)18(23)25/h2-9,17H,10H2,1H3,(H2,23,25)/b20-16+/t17-/m1/s1. The second kappa shape index (κ2) is 7.99. The van der Waals surface area contributed by atoms with Crippen LogP contribution >= 0.6 is 27.7 Å². The van der Waals surface area contributed by atoms with Crippen LogP contribution in [0.3, 0.4) is 0 Å². The number of nitrogens with zero attached hydrogens (tertiary/aromatic N) is 2. The maximum atomic E-state index is 13.1. The number of hydrogen-bond acceptors (Lipinski definition) is 4. The topological polar surface area (TPSA) is 87.2 Å². The summed E-state index contributed by atoms with van der Waals surface area (Å²) in [6.07, 6.45) is 0.499. The lowest BCUT2D eigenvalue weighted by Gasteiger charge is -2.18. The van der Waals surface area contributed by atoms with E-state index < -0.39 is 11.2 Å². The molecule has 0 spiro atoms. The van der Waals surface area contributed by atoms with Gasteiger partial charge in [-0.25, -0.2) is 0 Å². The zero-order chi connectivity index (χ0) is 19.6. The van der Waals surface area contributed by atoms with Crippen molar-refractivity contribution in [3.8, 4) is 6.07 Å². The lowest BCUT2D eigenvalue weighted by atomic mass is 10.1. The highest BCUT2D eigenvalue weighted by Crippen LogP contribution is 2.42. The van der Waals surface area contributed by atoms with Crippen molar-refractivity contribution in [3.63, 3.8) is 0 Å². The molecule has 0 saturated carbocycles. The fourth-order valence-corrected chi connectivity index (χ4v) is 4.46. The predicted molar refractivity (Wildman–Crippen MR) is 110 cm³/mol. The first-order valence-corrected chi connectivity index (χ1v) is 9.84. The first-order valence-electron chi connectivity index (χ1n) is 8.16. The van der Waals surface area contributed by atoms with Gasteiger partial charge in [-0.15, -0.1) is 0 Å². The van der Waals surface area contributed by atoms with Crippen molar-refractivity contribution in [1.82, 2.24) is 0 Å². The Hall–Kier alpha value is -2.56. The van der Waals surface area contributed by atoms with E-state index in [1.54, 1.807) is 24.3 Å². The molecule has 27 heavy (non-hydrogen) atoms. The molecular formula is C20H16BrN3O2S. The highest BCUT2D eigenvalue weighted by Gasteiger charge is 2.40. The molecule has 0 unspecified atom stereocenters. The van der Waals surface area contributed by atoms with Crippen LogP contribution in [0.2, 0.25) is 0 Å². The van der Waals surface area contributed by atoms with E-state index in [1.807, 2.05) is 37.3 Å². The summed E-state index contributed by atoms with van der Waals surface area (Å²) in [5.41, 5.74) is 7.89. The van der Waals surface area contributed by atoms with Crippen LogP contribution in [0.15, 0.2) is 63.6 Å². The van der Waals surface area contributed by atoms with Gasteiger partial charge in [0.05, 0.1) is 5.25 Å². The van der Waals surface area contributed by atoms with Crippen LogP contribution < -0.4 is 10.6 Å². The number of rotatable bonds is 4. The number of thioether (sulfide) groups is 1. The van der Waals surface area contributed by atoms with E-state index in [1.165, 1.54) is 16.7 Å². The first kappa shape index (κ1) is 19.2. The van der Waals surface area contributed by atoms with Crippen LogP contribution in [-0.4, -0.2) is 17.1 Å². The summed E-state index contributed by atoms with van der Waals surface area (Å²) < 4.78 is 0.864. The second-order valence-electron chi connectivity index (χ2n) is 6.11. The van der Waals surface area contributed by atoms with Crippen LogP contribution in [0.4, 0.5) is 5.69 Å². The predicted octanol–water partition coefficient (Wildman–Crippen LogP) is 3.67. The van der Waals surface area contributed by atoms with Gasteiger partial charge in [-0.2, -0.15) is 5.26 Å². The zero-order valence-corrected chi connectivity index (χ0v) is 16.9. The van der Waals surface area contributed by atoms with E-state index in [0.717, 1.165) is 15.6 Å². The minimum atomic E-state index is -0.842. The third-order valence-electron chi connectivity index (χ3n) is 4.11. The average molecular weight is 442 g/mol. The molecule has 0 bridgehead atoms. The van der Waals surface area contributed by atoms with Gasteiger partial charge in [-0.05, 0) is 43.2 Å². The number of hydrogen-bond donors (Lipinski definition) is 1. The average Bonchev–Trinajstić information content (AvgIpc) is 2.92. The fourth-order valence-electron chi connectivity index (χ4n) is 2.88. The number of halogens is 1. The van der Waals surface area contributed by atoms with Crippen molar-refractivity contribution in [2.24, 2.45) is 5.73 Å². The summed E-state index contributed by atoms with van der Waals surface area (Å²) in [5, 5.41) is 9.25. The molecule has 3 rings (SSSR count). The van der Waals surface area contributed by atoms with Crippen LogP contribution in [-0.2, 0) is 16.0 Å². The monoisotopic (exact) mass is 441 g/mol. The Balaban J connectivity index is 2.03. The summed E-state index contributed by atoms with van der Waals surface area (Å²) in [6, 6.07) is 16.9. The summed E-state index contributed by atoms with van der Waals surface area (Å²) in [6.45, 7) is 1.99. The maximum absolute atomic E-state index is 13.1. The maximum Gasteiger partial charge on any atom is 0.262 e. The Labute approximate surface area is 170 Å². The molecule has 1 aliphatic heterocycles. The Morgan fingerprint density at radius 2 is 2.00 bits per heavy atom. The minimum absolute atomic E-state index is 0.173. The number of carbonyl (C=O) groups excluding carboxylic acids is 2. The molecule has 7 heteroatoms. The first-order chi connectivity index (χ1) is 12.9. The lowest BCUT2D eigenvalue weighted by molar-refractivity contribution is -0.117. The van der Waals surface area contributed by atoms with Crippen molar-refractivity contribution in [3.05, 3.63) is 74.7 Å². The SMILES string of the molecule is Cc1cccc(C[C@H]2S/C(=C(\C#N)C(N)=O)N(c3ccc(Br)cc3)C2=O)c1. The molecular weight excluding hydrogens is 426 g/mol. The number of nitrogens with two attached hydrogens (primary N) is 1. The van der Waals surface area contributed by atoms with E-state index in [0.29, 0.717) is 12.1 Å². The normalized spacial score (nSPS) is 18.3. The molecule has 0 radical (unpaired) electrons. The number of benzene rings is 2. The van der Waals surface area contributed by atoms with E-state index in [9.17, 15) is 14.9 Å². The molecule has 136 valence electrons. The molecule has 2 N–H and O–H groups in total. The quantitative estimate of drug-likeness (QED) is 0.578. The van der Waals surface area contributed by atoms with Gasteiger partial charge >= 0.3 is 0 Å². The van der Waals surface area contributed by atoms with E-state index >= 15 is 0 Å². The highest BCUT2D eigenvalue weighted by molar-refractivity contribution is 9.10. The number of amides is 2. The Kier molecular flexibility index (Phi) is 5.68. The fraction of sp³-hybridized carbons (Fsp3) is 0.150. The molecule has 1 atom stereocenters. The Bertz CT molecular complexity index is 979.